The molecule has 0 aromatic heterocycles. The lowest BCUT2D eigenvalue weighted by molar-refractivity contribution is 0.447. The van der Waals surface area contributed by atoms with Gasteiger partial charge in [0.1, 0.15) is 11.5 Å². The Kier molecular flexibility index (Phi) is 5.82. The Bertz CT molecular complexity index is 308. The van der Waals surface area contributed by atoms with Crippen LogP contribution < -0.4 is 5.73 Å². The summed E-state index contributed by atoms with van der Waals surface area (Å²) in [7, 11) is 0. The maximum absolute atomic E-state index is 9.23. The third-order valence-corrected chi connectivity index (χ3v) is 2.03. The van der Waals surface area contributed by atoms with Crippen molar-refractivity contribution < 1.29 is 10.2 Å². The molecule has 0 spiro atoms. The average Bonchev–Trinajstić information content (AvgIpc) is 2.12. The Balaban J connectivity index is 0.00000196. The zero-order chi connectivity index (χ0) is 10.6. The van der Waals surface area contributed by atoms with Crippen molar-refractivity contribution in [2.45, 2.75) is 18.9 Å². The lowest BCUT2D eigenvalue weighted by Gasteiger charge is -2.11. The van der Waals surface area contributed by atoms with Gasteiger partial charge < -0.3 is 15.9 Å². The first kappa shape index (κ1) is 13.8. The molecule has 0 saturated carbocycles. The van der Waals surface area contributed by atoms with Crippen molar-refractivity contribution in [1.29, 1.82) is 0 Å². The molecule has 1 rings (SSSR count). The quantitative estimate of drug-likeness (QED) is 0.695. The summed E-state index contributed by atoms with van der Waals surface area (Å²) in [4.78, 5) is 0. The van der Waals surface area contributed by atoms with Crippen LogP contribution in [0.2, 0.25) is 0 Å². The van der Waals surface area contributed by atoms with Crippen LogP contribution in [0.15, 0.2) is 30.9 Å². The van der Waals surface area contributed by atoms with Crippen LogP contribution in [-0.4, -0.2) is 10.2 Å². The van der Waals surface area contributed by atoms with E-state index < -0.39 is 0 Å². The lowest BCUT2D eigenvalue weighted by atomic mass is 10.0. The summed E-state index contributed by atoms with van der Waals surface area (Å²) in [5.74, 6) is 0.0723. The summed E-state index contributed by atoms with van der Waals surface area (Å²) in [6.45, 7) is 3.61. The van der Waals surface area contributed by atoms with Gasteiger partial charge in [-0.05, 0) is 30.5 Å². The van der Waals surface area contributed by atoms with Gasteiger partial charge in [0, 0.05) is 12.1 Å². The standard InChI is InChI=1S/C11H15NO2.ClH/c1-2-3-4-11(12)8-5-9(13)7-10(14)6-8;/h2,5-7,11,13-14H,1,3-4,12H2;1H/t11-;/m1./s1. The smallest absolute Gasteiger partial charge is 0.119 e. The van der Waals surface area contributed by atoms with Crippen LogP contribution in [0.5, 0.6) is 11.5 Å². The Labute approximate surface area is 95.6 Å². The molecule has 0 heterocycles. The fourth-order valence-corrected chi connectivity index (χ4v) is 1.30. The van der Waals surface area contributed by atoms with Crippen LogP contribution >= 0.6 is 12.4 Å². The molecule has 0 aliphatic carbocycles. The number of rotatable bonds is 4. The van der Waals surface area contributed by atoms with E-state index in [0.29, 0.717) is 0 Å². The number of phenolic OH excluding ortho intramolecular Hbond substituents is 2. The number of hydrogen-bond donors (Lipinski definition) is 3. The minimum Gasteiger partial charge on any atom is -0.508 e. The van der Waals surface area contributed by atoms with Crippen molar-refractivity contribution >= 4 is 12.4 Å². The number of phenols is 2. The summed E-state index contributed by atoms with van der Waals surface area (Å²) in [6, 6.07) is 4.23. The van der Waals surface area contributed by atoms with Gasteiger partial charge in [0.2, 0.25) is 0 Å². The molecule has 4 heteroatoms. The van der Waals surface area contributed by atoms with Crippen molar-refractivity contribution in [2.75, 3.05) is 0 Å². The van der Waals surface area contributed by atoms with Gasteiger partial charge >= 0.3 is 0 Å². The van der Waals surface area contributed by atoms with E-state index in [1.165, 1.54) is 6.07 Å². The first-order chi connectivity index (χ1) is 6.63. The van der Waals surface area contributed by atoms with Gasteiger partial charge in [-0.1, -0.05) is 6.08 Å². The molecule has 0 radical (unpaired) electrons. The maximum atomic E-state index is 9.23. The molecule has 0 aliphatic heterocycles. The summed E-state index contributed by atoms with van der Waals surface area (Å²) >= 11 is 0. The SMILES string of the molecule is C=CCC[C@@H](N)c1cc(O)cc(O)c1.Cl. The normalized spacial score (nSPS) is 11.5. The predicted octanol–water partition coefficient (Wildman–Crippen LogP) is 2.49. The van der Waals surface area contributed by atoms with Crippen LogP contribution in [0.1, 0.15) is 24.4 Å². The highest BCUT2D eigenvalue weighted by molar-refractivity contribution is 5.85. The Morgan fingerprint density at radius 3 is 2.27 bits per heavy atom. The number of aromatic hydroxyl groups is 2. The first-order valence-electron chi connectivity index (χ1n) is 4.53. The summed E-state index contributed by atoms with van der Waals surface area (Å²) in [6.07, 6.45) is 3.37. The third-order valence-electron chi connectivity index (χ3n) is 2.03. The van der Waals surface area contributed by atoms with Crippen molar-refractivity contribution in [1.82, 2.24) is 0 Å². The zero-order valence-electron chi connectivity index (χ0n) is 8.39. The second-order valence-corrected chi connectivity index (χ2v) is 3.26. The molecule has 4 N–H and O–H groups in total. The van der Waals surface area contributed by atoms with Crippen molar-refractivity contribution in [3.63, 3.8) is 0 Å². The van der Waals surface area contributed by atoms with Gasteiger partial charge in [-0.3, -0.25) is 0 Å². The molecule has 15 heavy (non-hydrogen) atoms. The second kappa shape index (κ2) is 6.32. The lowest BCUT2D eigenvalue weighted by Crippen LogP contribution is -2.09. The van der Waals surface area contributed by atoms with Gasteiger partial charge in [-0.25, -0.2) is 0 Å². The molecular weight excluding hydrogens is 214 g/mol. The fraction of sp³-hybridized carbons (Fsp3) is 0.273. The van der Waals surface area contributed by atoms with E-state index in [-0.39, 0.29) is 29.9 Å². The van der Waals surface area contributed by atoms with E-state index in [1.807, 2.05) is 0 Å². The average molecular weight is 230 g/mol. The van der Waals surface area contributed by atoms with E-state index in [0.717, 1.165) is 18.4 Å². The number of nitrogens with two attached hydrogens (primary N) is 1. The summed E-state index contributed by atoms with van der Waals surface area (Å²) in [5, 5.41) is 18.5. The van der Waals surface area contributed by atoms with Crippen molar-refractivity contribution in [3.8, 4) is 11.5 Å². The van der Waals surface area contributed by atoms with Gasteiger partial charge in [-0.2, -0.15) is 0 Å². The van der Waals surface area contributed by atoms with E-state index in [9.17, 15) is 10.2 Å². The predicted molar refractivity (Wildman–Crippen MR) is 63.4 cm³/mol. The molecule has 0 fully saturated rings. The van der Waals surface area contributed by atoms with Crippen LogP contribution in [0.3, 0.4) is 0 Å². The molecule has 0 bridgehead atoms. The Morgan fingerprint density at radius 2 is 1.80 bits per heavy atom. The van der Waals surface area contributed by atoms with Crippen LogP contribution in [0.4, 0.5) is 0 Å². The molecule has 84 valence electrons. The van der Waals surface area contributed by atoms with Crippen LogP contribution in [0.25, 0.3) is 0 Å². The van der Waals surface area contributed by atoms with Crippen LogP contribution in [-0.2, 0) is 0 Å². The number of benzene rings is 1. The topological polar surface area (TPSA) is 66.5 Å². The molecule has 1 atom stereocenters. The number of hydrogen-bond acceptors (Lipinski definition) is 3. The maximum Gasteiger partial charge on any atom is 0.119 e. The third kappa shape index (κ3) is 4.23. The Morgan fingerprint density at radius 1 is 1.27 bits per heavy atom. The van der Waals surface area contributed by atoms with Gasteiger partial charge in [0.15, 0.2) is 0 Å². The number of allylic oxidation sites excluding steroid dienone is 1. The molecule has 0 unspecified atom stereocenters. The summed E-state index contributed by atoms with van der Waals surface area (Å²) in [5.41, 5.74) is 6.59. The molecule has 3 nitrogen and oxygen atoms in total. The van der Waals surface area contributed by atoms with Crippen molar-refractivity contribution in [2.24, 2.45) is 5.73 Å². The highest BCUT2D eigenvalue weighted by Crippen LogP contribution is 2.25. The fourth-order valence-electron chi connectivity index (χ4n) is 1.30. The van der Waals surface area contributed by atoms with Crippen LogP contribution in [0, 0.1) is 0 Å². The highest BCUT2D eigenvalue weighted by atomic mass is 35.5. The van der Waals surface area contributed by atoms with E-state index in [1.54, 1.807) is 18.2 Å². The van der Waals surface area contributed by atoms with Gasteiger partial charge in [0.25, 0.3) is 0 Å². The first-order valence-corrected chi connectivity index (χ1v) is 4.53. The number of halogens is 1. The highest BCUT2D eigenvalue weighted by Gasteiger charge is 2.07. The second-order valence-electron chi connectivity index (χ2n) is 3.26. The Hall–Kier alpha value is -1.19. The minimum atomic E-state index is -0.175. The molecule has 1 aromatic carbocycles. The molecule has 1 aromatic rings. The van der Waals surface area contributed by atoms with Gasteiger partial charge in [-0.15, -0.1) is 19.0 Å². The molecular formula is C11H16ClNO2. The largest absolute Gasteiger partial charge is 0.508 e. The monoisotopic (exact) mass is 229 g/mol. The molecule has 0 saturated heterocycles. The van der Waals surface area contributed by atoms with E-state index in [4.69, 9.17) is 5.73 Å². The zero-order valence-corrected chi connectivity index (χ0v) is 9.20. The minimum absolute atomic E-state index is 0. The van der Waals surface area contributed by atoms with Gasteiger partial charge in [0.05, 0.1) is 0 Å². The summed E-state index contributed by atoms with van der Waals surface area (Å²) < 4.78 is 0. The molecule has 0 aliphatic rings. The van der Waals surface area contributed by atoms with E-state index >= 15 is 0 Å². The molecule has 0 amide bonds. The van der Waals surface area contributed by atoms with E-state index in [2.05, 4.69) is 6.58 Å². The van der Waals surface area contributed by atoms with Crippen molar-refractivity contribution in [3.05, 3.63) is 36.4 Å².